The van der Waals surface area contributed by atoms with Gasteiger partial charge in [0.1, 0.15) is 5.76 Å². The highest BCUT2D eigenvalue weighted by atomic mass is 32.2. The number of hydrogen-bond donors (Lipinski definition) is 2. The number of furan rings is 1. The summed E-state index contributed by atoms with van der Waals surface area (Å²) in [6, 6.07) is 3.92. The number of aliphatic hydroxyl groups is 1. The Morgan fingerprint density at radius 2 is 2.41 bits per heavy atom. The minimum Gasteiger partial charge on any atom is -0.468 e. The number of likely N-dealkylation sites (N-methyl/N-ethyl adjacent to an activating group) is 1. The Kier molecular flexibility index (Phi) is 4.54. The van der Waals surface area contributed by atoms with E-state index >= 15 is 0 Å². The predicted octanol–water partition coefficient (Wildman–Crippen LogP) is 2.26. The zero-order valence-electron chi connectivity index (χ0n) is 10.3. The Morgan fingerprint density at radius 1 is 1.59 bits per heavy atom. The molecule has 4 heteroatoms. The Morgan fingerprint density at radius 3 is 2.94 bits per heavy atom. The van der Waals surface area contributed by atoms with Crippen molar-refractivity contribution in [1.82, 2.24) is 5.32 Å². The van der Waals surface area contributed by atoms with Crippen molar-refractivity contribution in [3.63, 3.8) is 0 Å². The fraction of sp³-hybridized carbons (Fsp3) is 0.692. The lowest BCUT2D eigenvalue weighted by atomic mass is 9.97. The molecule has 1 aromatic rings. The first-order valence-corrected chi connectivity index (χ1v) is 7.42. The van der Waals surface area contributed by atoms with Crippen molar-refractivity contribution < 1.29 is 9.52 Å². The lowest BCUT2D eigenvalue weighted by molar-refractivity contribution is 0.161. The molecule has 2 rings (SSSR count). The molecule has 1 fully saturated rings. The lowest BCUT2D eigenvalue weighted by Crippen LogP contribution is -2.52. The van der Waals surface area contributed by atoms with E-state index in [1.54, 1.807) is 6.26 Å². The van der Waals surface area contributed by atoms with Crippen molar-refractivity contribution in [2.24, 2.45) is 5.92 Å². The third kappa shape index (κ3) is 3.27. The lowest BCUT2D eigenvalue weighted by Gasteiger charge is -2.32. The third-order valence-corrected chi connectivity index (χ3v) is 4.56. The number of hydrogen-bond acceptors (Lipinski definition) is 4. The van der Waals surface area contributed by atoms with Gasteiger partial charge in [0.25, 0.3) is 0 Å². The fourth-order valence-corrected chi connectivity index (χ4v) is 3.52. The molecule has 1 heterocycles. The van der Waals surface area contributed by atoms with Crippen LogP contribution in [0.1, 0.15) is 25.5 Å². The molecule has 0 bridgehead atoms. The minimum absolute atomic E-state index is 0.0774. The fourth-order valence-electron chi connectivity index (χ4n) is 2.26. The highest BCUT2D eigenvalue weighted by Crippen LogP contribution is 2.41. The summed E-state index contributed by atoms with van der Waals surface area (Å²) in [6.07, 6.45) is 4.20. The van der Waals surface area contributed by atoms with Crippen molar-refractivity contribution in [1.29, 1.82) is 0 Å². The molecule has 0 amide bonds. The van der Waals surface area contributed by atoms with Gasteiger partial charge in [0.05, 0.1) is 24.2 Å². The second kappa shape index (κ2) is 5.94. The van der Waals surface area contributed by atoms with Crippen LogP contribution in [0.15, 0.2) is 22.8 Å². The number of aliphatic hydroxyl groups excluding tert-OH is 1. The highest BCUT2D eigenvalue weighted by molar-refractivity contribution is 7.98. The Balaban J connectivity index is 1.84. The summed E-state index contributed by atoms with van der Waals surface area (Å²) < 4.78 is 5.31. The van der Waals surface area contributed by atoms with Gasteiger partial charge in [0, 0.05) is 5.75 Å². The molecule has 1 aliphatic carbocycles. The minimum atomic E-state index is -0.0774. The smallest absolute Gasteiger partial charge is 0.113 e. The van der Waals surface area contributed by atoms with Gasteiger partial charge in [-0.25, -0.2) is 0 Å². The second-order valence-corrected chi connectivity index (χ2v) is 5.68. The maximum atomic E-state index is 9.68. The Bertz CT molecular complexity index is 324. The van der Waals surface area contributed by atoms with Gasteiger partial charge in [-0.15, -0.1) is 0 Å². The molecule has 3 nitrogen and oxygen atoms in total. The first kappa shape index (κ1) is 13.0. The van der Waals surface area contributed by atoms with Gasteiger partial charge in [-0.1, -0.05) is 6.92 Å². The summed E-state index contributed by atoms with van der Waals surface area (Å²) in [6.45, 7) is 3.25. The second-order valence-electron chi connectivity index (χ2n) is 4.69. The molecular weight excluding hydrogens is 234 g/mol. The van der Waals surface area contributed by atoms with Crippen molar-refractivity contribution in [2.75, 3.05) is 18.9 Å². The highest BCUT2D eigenvalue weighted by Gasteiger charge is 2.43. The van der Waals surface area contributed by atoms with Crippen LogP contribution in [0.2, 0.25) is 0 Å². The number of thioether (sulfide) groups is 1. The first-order valence-electron chi connectivity index (χ1n) is 6.27. The van der Waals surface area contributed by atoms with E-state index in [2.05, 4.69) is 12.2 Å². The van der Waals surface area contributed by atoms with Gasteiger partial charge in [-0.3, -0.25) is 0 Å². The Hall–Kier alpha value is -0.450. The van der Waals surface area contributed by atoms with E-state index in [0.717, 1.165) is 23.8 Å². The van der Waals surface area contributed by atoms with Gasteiger partial charge in [0.15, 0.2) is 0 Å². The van der Waals surface area contributed by atoms with E-state index in [1.807, 2.05) is 23.9 Å². The molecule has 17 heavy (non-hydrogen) atoms. The molecule has 0 aromatic carbocycles. The molecule has 1 aromatic heterocycles. The summed E-state index contributed by atoms with van der Waals surface area (Å²) in [5.41, 5.74) is -0.0774. The molecule has 0 saturated heterocycles. The van der Waals surface area contributed by atoms with Gasteiger partial charge in [0.2, 0.25) is 0 Å². The topological polar surface area (TPSA) is 45.4 Å². The molecule has 96 valence electrons. The maximum Gasteiger partial charge on any atom is 0.113 e. The largest absolute Gasteiger partial charge is 0.468 e. The van der Waals surface area contributed by atoms with Gasteiger partial charge in [-0.2, -0.15) is 11.8 Å². The average Bonchev–Trinajstić information content (AvgIpc) is 3.07. The molecule has 1 aliphatic rings. The van der Waals surface area contributed by atoms with E-state index < -0.39 is 0 Å². The summed E-state index contributed by atoms with van der Waals surface area (Å²) in [4.78, 5) is 0. The van der Waals surface area contributed by atoms with Gasteiger partial charge < -0.3 is 14.8 Å². The number of rotatable bonds is 8. The molecule has 1 saturated carbocycles. The van der Waals surface area contributed by atoms with E-state index in [4.69, 9.17) is 4.42 Å². The molecule has 0 aliphatic heterocycles. The van der Waals surface area contributed by atoms with Crippen LogP contribution in [0.5, 0.6) is 0 Å². The standard InChI is InChI=1S/C13H21NO2S/c1-2-14-13(9-15,11-5-6-11)10-17-8-12-4-3-7-16-12/h3-4,7,11,14-15H,2,5-6,8-10H2,1H3. The normalized spacial score (nSPS) is 19.2. The summed E-state index contributed by atoms with van der Waals surface area (Å²) >= 11 is 1.83. The van der Waals surface area contributed by atoms with Gasteiger partial charge >= 0.3 is 0 Å². The molecule has 1 unspecified atom stereocenters. The van der Waals surface area contributed by atoms with Crippen molar-refractivity contribution in [2.45, 2.75) is 31.1 Å². The number of nitrogens with one attached hydrogen (secondary N) is 1. The van der Waals surface area contributed by atoms with Crippen molar-refractivity contribution in [3.05, 3.63) is 24.2 Å². The zero-order chi connectivity index (χ0) is 12.1. The SMILES string of the molecule is CCNC(CO)(CSCc1ccco1)C1CC1. The summed E-state index contributed by atoms with van der Waals surface area (Å²) in [5, 5.41) is 13.2. The Labute approximate surface area is 107 Å². The van der Waals surface area contributed by atoms with E-state index in [0.29, 0.717) is 5.92 Å². The van der Waals surface area contributed by atoms with E-state index in [9.17, 15) is 5.11 Å². The molecule has 0 radical (unpaired) electrons. The average molecular weight is 255 g/mol. The van der Waals surface area contributed by atoms with Crippen LogP contribution in [0, 0.1) is 5.92 Å². The van der Waals surface area contributed by atoms with Crippen LogP contribution in [0.25, 0.3) is 0 Å². The van der Waals surface area contributed by atoms with Crippen molar-refractivity contribution >= 4 is 11.8 Å². The van der Waals surface area contributed by atoms with Crippen LogP contribution >= 0.6 is 11.8 Å². The first-order chi connectivity index (χ1) is 8.30. The van der Waals surface area contributed by atoms with E-state index in [1.165, 1.54) is 12.8 Å². The maximum absolute atomic E-state index is 9.68. The quantitative estimate of drug-likeness (QED) is 0.748. The monoisotopic (exact) mass is 255 g/mol. The van der Waals surface area contributed by atoms with Crippen LogP contribution in [-0.2, 0) is 5.75 Å². The predicted molar refractivity (Wildman–Crippen MR) is 71.1 cm³/mol. The van der Waals surface area contributed by atoms with Crippen LogP contribution in [0.4, 0.5) is 0 Å². The van der Waals surface area contributed by atoms with Crippen molar-refractivity contribution in [3.8, 4) is 0 Å². The summed E-state index contributed by atoms with van der Waals surface area (Å²) in [7, 11) is 0. The molecular formula is C13H21NO2S. The van der Waals surface area contributed by atoms with Crippen LogP contribution in [0.3, 0.4) is 0 Å². The van der Waals surface area contributed by atoms with Crippen LogP contribution in [-0.4, -0.2) is 29.5 Å². The molecule has 1 atom stereocenters. The third-order valence-electron chi connectivity index (χ3n) is 3.35. The van der Waals surface area contributed by atoms with Gasteiger partial charge in [-0.05, 0) is 37.4 Å². The van der Waals surface area contributed by atoms with Crippen LogP contribution < -0.4 is 5.32 Å². The zero-order valence-corrected chi connectivity index (χ0v) is 11.1. The molecule has 0 spiro atoms. The molecule has 2 N–H and O–H groups in total. The summed E-state index contributed by atoms with van der Waals surface area (Å²) in [5.74, 6) is 3.49. The van der Waals surface area contributed by atoms with E-state index in [-0.39, 0.29) is 12.1 Å².